The average molecular weight is 344 g/mol. The average Bonchev–Trinajstić information content (AvgIpc) is 2.54. The molecule has 0 saturated carbocycles. The number of methoxy groups -OCH3 is 1. The number of carboxylic acids is 1. The zero-order valence-corrected chi connectivity index (χ0v) is 13.2. The molecule has 1 aliphatic rings. The summed E-state index contributed by atoms with van der Waals surface area (Å²) >= 11 is 0. The molecule has 1 unspecified atom stereocenters. The van der Waals surface area contributed by atoms with E-state index in [4.69, 9.17) is 9.84 Å². The first kappa shape index (κ1) is 17.2. The van der Waals surface area contributed by atoms with Crippen LogP contribution in [0.3, 0.4) is 0 Å². The minimum atomic E-state index is -3.99. The fourth-order valence-corrected chi connectivity index (χ4v) is 4.14. The minimum Gasteiger partial charge on any atom is -0.495 e. The lowest BCUT2D eigenvalue weighted by atomic mass is 10.0. The molecular weight excluding hydrogens is 328 g/mol. The van der Waals surface area contributed by atoms with Gasteiger partial charge in [-0.15, -0.1) is 0 Å². The van der Waals surface area contributed by atoms with Crippen molar-refractivity contribution in [1.82, 2.24) is 4.31 Å². The van der Waals surface area contributed by atoms with Crippen molar-refractivity contribution in [3.05, 3.63) is 28.3 Å². The highest BCUT2D eigenvalue weighted by Gasteiger charge is 2.35. The van der Waals surface area contributed by atoms with E-state index in [0.717, 1.165) is 22.5 Å². The smallest absolute Gasteiger partial charge is 0.307 e. The van der Waals surface area contributed by atoms with Crippen LogP contribution < -0.4 is 4.74 Å². The van der Waals surface area contributed by atoms with Crippen molar-refractivity contribution in [3.8, 4) is 5.75 Å². The molecule has 0 radical (unpaired) electrons. The van der Waals surface area contributed by atoms with E-state index in [1.165, 1.54) is 7.11 Å². The van der Waals surface area contributed by atoms with Crippen molar-refractivity contribution in [2.24, 2.45) is 5.92 Å². The monoisotopic (exact) mass is 344 g/mol. The van der Waals surface area contributed by atoms with Gasteiger partial charge in [-0.25, -0.2) is 8.42 Å². The van der Waals surface area contributed by atoms with Crippen molar-refractivity contribution >= 4 is 21.7 Å². The van der Waals surface area contributed by atoms with E-state index in [1.54, 1.807) is 0 Å². The highest BCUT2D eigenvalue weighted by Crippen LogP contribution is 2.32. The van der Waals surface area contributed by atoms with Gasteiger partial charge in [-0.05, 0) is 18.9 Å². The maximum absolute atomic E-state index is 12.7. The highest BCUT2D eigenvalue weighted by atomic mass is 32.2. The Morgan fingerprint density at radius 1 is 1.48 bits per heavy atom. The van der Waals surface area contributed by atoms with Crippen LogP contribution in [0.1, 0.15) is 12.8 Å². The topological polar surface area (TPSA) is 127 Å². The second kappa shape index (κ2) is 6.50. The molecule has 0 aliphatic carbocycles. The number of hydrogen-bond donors (Lipinski definition) is 1. The van der Waals surface area contributed by atoms with E-state index < -0.39 is 26.8 Å². The Morgan fingerprint density at radius 3 is 2.74 bits per heavy atom. The summed E-state index contributed by atoms with van der Waals surface area (Å²) in [5, 5.41) is 19.8. The molecule has 0 spiro atoms. The largest absolute Gasteiger partial charge is 0.495 e. The number of piperidine rings is 1. The predicted molar refractivity (Wildman–Crippen MR) is 78.8 cm³/mol. The van der Waals surface area contributed by atoms with E-state index in [1.807, 2.05) is 0 Å². The molecule has 1 aliphatic heterocycles. The fourth-order valence-electron chi connectivity index (χ4n) is 2.48. The summed E-state index contributed by atoms with van der Waals surface area (Å²) in [7, 11) is -2.77. The number of nitro benzene ring substituents is 1. The lowest BCUT2D eigenvalue weighted by Crippen LogP contribution is -2.42. The van der Waals surface area contributed by atoms with E-state index in [2.05, 4.69) is 0 Å². The molecule has 23 heavy (non-hydrogen) atoms. The van der Waals surface area contributed by atoms with Gasteiger partial charge in [-0.1, -0.05) is 0 Å². The summed E-state index contributed by atoms with van der Waals surface area (Å²) in [5.41, 5.74) is -0.289. The Morgan fingerprint density at radius 2 is 2.17 bits per heavy atom. The van der Waals surface area contributed by atoms with Gasteiger partial charge in [-0.3, -0.25) is 14.9 Å². The van der Waals surface area contributed by atoms with Gasteiger partial charge < -0.3 is 9.84 Å². The number of aliphatic carboxylic acids is 1. The van der Waals surface area contributed by atoms with Crippen molar-refractivity contribution in [2.75, 3.05) is 20.2 Å². The first-order valence-electron chi connectivity index (χ1n) is 6.82. The second-order valence-corrected chi connectivity index (χ2v) is 7.04. The van der Waals surface area contributed by atoms with Gasteiger partial charge in [0, 0.05) is 19.2 Å². The Balaban J connectivity index is 2.39. The molecule has 10 heteroatoms. The van der Waals surface area contributed by atoms with Crippen molar-refractivity contribution in [3.63, 3.8) is 0 Å². The number of carbonyl (C=O) groups is 1. The Labute approximate surface area is 132 Å². The third-order valence-electron chi connectivity index (χ3n) is 3.71. The number of non-ortho nitro benzene ring substituents is 1. The molecule has 0 aromatic heterocycles. The third-order valence-corrected chi connectivity index (χ3v) is 5.61. The molecule has 0 bridgehead atoms. The van der Waals surface area contributed by atoms with Crippen LogP contribution in [0.5, 0.6) is 5.75 Å². The first-order valence-corrected chi connectivity index (χ1v) is 8.26. The van der Waals surface area contributed by atoms with E-state index in [9.17, 15) is 23.3 Å². The molecule has 1 aromatic carbocycles. The van der Waals surface area contributed by atoms with Gasteiger partial charge in [0.15, 0.2) is 0 Å². The number of hydrogen-bond acceptors (Lipinski definition) is 6. The predicted octanol–water partition coefficient (Wildman–Crippen LogP) is 1.09. The third kappa shape index (κ3) is 3.42. The molecule has 1 aromatic rings. The van der Waals surface area contributed by atoms with Crippen LogP contribution in [0.2, 0.25) is 0 Å². The number of carboxylic acid groups (broad SMARTS) is 1. The Bertz CT molecular complexity index is 732. The quantitative estimate of drug-likeness (QED) is 0.625. The van der Waals surface area contributed by atoms with Gasteiger partial charge in [0.1, 0.15) is 10.6 Å². The SMILES string of the molecule is COc1cc([N+](=O)[O-])ccc1S(=O)(=O)N1CCCC(C(=O)O)C1. The van der Waals surface area contributed by atoms with Crippen LogP contribution in [0.25, 0.3) is 0 Å². The molecule has 1 fully saturated rings. The summed E-state index contributed by atoms with van der Waals surface area (Å²) in [6.07, 6.45) is 0.851. The van der Waals surface area contributed by atoms with Gasteiger partial charge >= 0.3 is 5.97 Å². The Hall–Kier alpha value is -2.20. The first-order chi connectivity index (χ1) is 10.8. The van der Waals surface area contributed by atoms with Gasteiger partial charge in [0.05, 0.1) is 24.0 Å². The maximum Gasteiger partial charge on any atom is 0.307 e. The van der Waals surface area contributed by atoms with Crippen LogP contribution in [0, 0.1) is 16.0 Å². The fraction of sp³-hybridized carbons (Fsp3) is 0.462. The van der Waals surface area contributed by atoms with Crippen LogP contribution in [0.4, 0.5) is 5.69 Å². The van der Waals surface area contributed by atoms with E-state index in [0.29, 0.717) is 12.8 Å². The number of sulfonamides is 1. The highest BCUT2D eigenvalue weighted by molar-refractivity contribution is 7.89. The molecule has 2 rings (SSSR count). The molecule has 126 valence electrons. The van der Waals surface area contributed by atoms with Gasteiger partial charge in [-0.2, -0.15) is 4.31 Å². The zero-order chi connectivity index (χ0) is 17.2. The lowest BCUT2D eigenvalue weighted by Gasteiger charge is -2.30. The zero-order valence-electron chi connectivity index (χ0n) is 12.3. The summed E-state index contributed by atoms with van der Waals surface area (Å²) in [6, 6.07) is 3.22. The van der Waals surface area contributed by atoms with Crippen molar-refractivity contribution in [1.29, 1.82) is 0 Å². The molecule has 1 saturated heterocycles. The van der Waals surface area contributed by atoms with Gasteiger partial charge in [0.25, 0.3) is 5.69 Å². The van der Waals surface area contributed by atoms with E-state index in [-0.39, 0.29) is 29.4 Å². The summed E-state index contributed by atoms with van der Waals surface area (Å²) in [4.78, 5) is 21.0. The number of nitro groups is 1. The summed E-state index contributed by atoms with van der Waals surface area (Å²) in [5.74, 6) is -1.94. The minimum absolute atomic E-state index is 0.127. The van der Waals surface area contributed by atoms with Crippen molar-refractivity contribution in [2.45, 2.75) is 17.7 Å². The van der Waals surface area contributed by atoms with Crippen LogP contribution in [-0.4, -0.2) is 48.9 Å². The van der Waals surface area contributed by atoms with Crippen LogP contribution >= 0.6 is 0 Å². The van der Waals surface area contributed by atoms with E-state index >= 15 is 0 Å². The maximum atomic E-state index is 12.7. The van der Waals surface area contributed by atoms with Crippen LogP contribution in [-0.2, 0) is 14.8 Å². The van der Waals surface area contributed by atoms with Crippen LogP contribution in [0.15, 0.2) is 23.1 Å². The molecule has 1 heterocycles. The number of benzene rings is 1. The molecule has 9 nitrogen and oxygen atoms in total. The summed E-state index contributed by atoms with van der Waals surface area (Å²) < 4.78 is 31.4. The molecule has 0 amide bonds. The number of ether oxygens (including phenoxy) is 1. The second-order valence-electron chi connectivity index (χ2n) is 5.13. The summed E-state index contributed by atoms with van der Waals surface area (Å²) in [6.45, 7) is 0.0735. The Kier molecular flexibility index (Phi) is 4.85. The number of nitrogens with zero attached hydrogens (tertiary/aromatic N) is 2. The van der Waals surface area contributed by atoms with Crippen molar-refractivity contribution < 1.29 is 28.0 Å². The van der Waals surface area contributed by atoms with Gasteiger partial charge in [0.2, 0.25) is 10.0 Å². The number of rotatable bonds is 5. The normalized spacial score (nSPS) is 19.3. The standard InChI is InChI=1S/C13H16N2O7S/c1-22-11-7-10(15(18)19)4-5-12(11)23(20,21)14-6-2-3-9(8-14)13(16)17/h4-5,7,9H,2-3,6,8H2,1H3,(H,16,17). The molecule has 1 N–H and O–H groups in total. The lowest BCUT2D eigenvalue weighted by molar-refractivity contribution is -0.385. The molecule has 1 atom stereocenters. The molecular formula is C13H16N2O7S.